The van der Waals surface area contributed by atoms with Gasteiger partial charge in [0.25, 0.3) is 0 Å². The van der Waals surface area contributed by atoms with Crippen molar-refractivity contribution in [1.29, 1.82) is 0 Å². The van der Waals surface area contributed by atoms with E-state index in [-0.39, 0.29) is 0 Å². The topological polar surface area (TPSA) is 8.17 Å². The molecule has 0 aliphatic rings. The number of hydrogen-bond donors (Lipinski definition) is 0. The van der Waals surface area contributed by atoms with Crippen molar-refractivity contribution in [1.82, 2.24) is 4.57 Å². The van der Waals surface area contributed by atoms with E-state index < -0.39 is 0 Å². The Kier molecular flexibility index (Phi) is 7.71. The van der Waals surface area contributed by atoms with Crippen molar-refractivity contribution in [2.24, 2.45) is 0 Å². The van der Waals surface area contributed by atoms with Crippen LogP contribution in [0.25, 0.3) is 60.5 Å². The lowest BCUT2D eigenvalue weighted by atomic mass is 9.91. The largest absolute Gasteiger partial charge is 0.310 e. The van der Waals surface area contributed by atoms with Gasteiger partial charge in [-0.05, 0) is 99.1 Å². The van der Waals surface area contributed by atoms with Crippen molar-refractivity contribution < 1.29 is 0 Å². The molecule has 0 atom stereocenters. The van der Waals surface area contributed by atoms with Crippen molar-refractivity contribution in [3.8, 4) is 27.9 Å². The molecule has 0 fully saturated rings. The molecule has 2 nitrogen and oxygen atoms in total. The van der Waals surface area contributed by atoms with Gasteiger partial charge in [-0.3, -0.25) is 0 Å². The lowest BCUT2D eigenvalue weighted by molar-refractivity contribution is 0.866. The second-order valence-corrected chi connectivity index (χ2v) is 13.6. The van der Waals surface area contributed by atoms with Gasteiger partial charge >= 0.3 is 0 Å². The third-order valence-electron chi connectivity index (χ3n) is 10.2. The Labute approximate surface area is 299 Å². The summed E-state index contributed by atoms with van der Waals surface area (Å²) in [5.74, 6) is 0.465. The summed E-state index contributed by atoms with van der Waals surface area (Å²) in [5.41, 5.74) is 13.1. The molecule has 0 amide bonds. The summed E-state index contributed by atoms with van der Waals surface area (Å²) < 4.78 is 2.39. The zero-order valence-electron chi connectivity index (χ0n) is 28.9. The Balaban J connectivity index is 1.18. The maximum Gasteiger partial charge on any atom is 0.0541 e. The predicted molar refractivity (Wildman–Crippen MR) is 218 cm³/mol. The number of rotatable bonds is 7. The molecule has 2 heteroatoms. The monoisotopic (exact) mass is 654 g/mol. The van der Waals surface area contributed by atoms with Gasteiger partial charge in [-0.25, -0.2) is 0 Å². The summed E-state index contributed by atoms with van der Waals surface area (Å²) in [6.07, 6.45) is 0. The molecule has 9 rings (SSSR count). The van der Waals surface area contributed by atoms with Gasteiger partial charge in [0.15, 0.2) is 0 Å². The Hall–Kier alpha value is -6.38. The van der Waals surface area contributed by atoms with Crippen LogP contribution >= 0.6 is 0 Å². The maximum atomic E-state index is 2.39. The zero-order valence-corrected chi connectivity index (χ0v) is 28.9. The second kappa shape index (κ2) is 12.8. The van der Waals surface area contributed by atoms with Crippen LogP contribution < -0.4 is 4.90 Å². The quantitative estimate of drug-likeness (QED) is 0.166. The molecule has 0 saturated heterocycles. The highest BCUT2D eigenvalue weighted by atomic mass is 15.1. The molecule has 9 aromatic rings. The van der Waals surface area contributed by atoms with Crippen LogP contribution in [0.15, 0.2) is 188 Å². The molecule has 51 heavy (non-hydrogen) atoms. The van der Waals surface area contributed by atoms with Crippen molar-refractivity contribution in [3.05, 3.63) is 194 Å². The van der Waals surface area contributed by atoms with Gasteiger partial charge in [0.2, 0.25) is 0 Å². The molecule has 0 radical (unpaired) electrons. The first kappa shape index (κ1) is 30.7. The molecule has 0 aliphatic heterocycles. The van der Waals surface area contributed by atoms with Crippen LogP contribution in [0.1, 0.15) is 25.3 Å². The summed E-state index contributed by atoms with van der Waals surface area (Å²) in [7, 11) is 0. The molecular formula is C49H38N2. The fraction of sp³-hybridized carbons (Fsp3) is 0.0612. The van der Waals surface area contributed by atoms with Gasteiger partial charge in [-0.15, -0.1) is 0 Å². The molecule has 0 saturated carbocycles. The average Bonchev–Trinajstić information content (AvgIpc) is 3.53. The lowest BCUT2D eigenvalue weighted by Crippen LogP contribution is -2.10. The number of para-hydroxylation sites is 2. The van der Waals surface area contributed by atoms with Crippen molar-refractivity contribution in [3.63, 3.8) is 0 Å². The minimum Gasteiger partial charge on any atom is -0.310 e. The summed E-state index contributed by atoms with van der Waals surface area (Å²) in [6, 6.07) is 68.4. The number of aromatic nitrogens is 1. The third kappa shape index (κ3) is 5.46. The van der Waals surface area contributed by atoms with Crippen LogP contribution in [0.4, 0.5) is 17.1 Å². The third-order valence-corrected chi connectivity index (χ3v) is 10.2. The van der Waals surface area contributed by atoms with Gasteiger partial charge < -0.3 is 9.47 Å². The van der Waals surface area contributed by atoms with Gasteiger partial charge in [0.1, 0.15) is 0 Å². The normalized spacial score (nSPS) is 11.5. The lowest BCUT2D eigenvalue weighted by Gasteiger charge is -2.27. The van der Waals surface area contributed by atoms with Crippen LogP contribution in [-0.2, 0) is 0 Å². The Morgan fingerprint density at radius 1 is 0.431 bits per heavy atom. The van der Waals surface area contributed by atoms with E-state index in [1.807, 2.05) is 0 Å². The predicted octanol–water partition coefficient (Wildman–Crippen LogP) is 13.9. The Morgan fingerprint density at radius 3 is 1.57 bits per heavy atom. The molecule has 0 N–H and O–H groups in total. The highest BCUT2D eigenvalue weighted by molar-refractivity contribution is 6.09. The summed E-state index contributed by atoms with van der Waals surface area (Å²) in [6.45, 7) is 4.49. The first-order valence-electron chi connectivity index (χ1n) is 17.8. The van der Waals surface area contributed by atoms with Crippen molar-refractivity contribution >= 4 is 49.6 Å². The molecule has 0 unspecified atom stereocenters. The summed E-state index contributed by atoms with van der Waals surface area (Å²) in [5, 5.41) is 5.05. The second-order valence-electron chi connectivity index (χ2n) is 13.6. The van der Waals surface area contributed by atoms with E-state index in [9.17, 15) is 0 Å². The number of anilines is 3. The number of nitrogens with zero attached hydrogens (tertiary/aromatic N) is 2. The fourth-order valence-corrected chi connectivity index (χ4v) is 7.66. The van der Waals surface area contributed by atoms with Crippen LogP contribution in [0, 0.1) is 0 Å². The van der Waals surface area contributed by atoms with E-state index in [1.165, 1.54) is 60.4 Å². The van der Waals surface area contributed by atoms with Crippen LogP contribution in [0.3, 0.4) is 0 Å². The Morgan fingerprint density at radius 2 is 0.961 bits per heavy atom. The molecule has 1 aromatic heterocycles. The molecule has 0 bridgehead atoms. The van der Waals surface area contributed by atoms with E-state index in [0.717, 1.165) is 22.7 Å². The van der Waals surface area contributed by atoms with E-state index in [2.05, 4.69) is 211 Å². The van der Waals surface area contributed by atoms with Gasteiger partial charge in [-0.1, -0.05) is 147 Å². The van der Waals surface area contributed by atoms with E-state index in [0.29, 0.717) is 5.92 Å². The first-order chi connectivity index (χ1) is 25.1. The highest BCUT2D eigenvalue weighted by Gasteiger charge is 2.17. The molecule has 1 heterocycles. The first-order valence-corrected chi connectivity index (χ1v) is 17.8. The molecular weight excluding hydrogens is 617 g/mol. The standard InChI is InChI=1S/C49H38N2/c1-34(2)35-25-29-39(30-26-35)50(41-17-12-18-42(33-41)51-47-23-8-6-19-45(47)46-20-7-9-24-48(46)51)40-31-27-37(28-32-40)44-22-11-16-38-15-10-21-43(49(38)44)36-13-4-3-5-14-36/h3-34H,1-2H3. The van der Waals surface area contributed by atoms with Crippen LogP contribution in [-0.4, -0.2) is 4.57 Å². The minimum atomic E-state index is 0.465. The van der Waals surface area contributed by atoms with Crippen LogP contribution in [0.2, 0.25) is 0 Å². The van der Waals surface area contributed by atoms with E-state index in [4.69, 9.17) is 0 Å². The molecule has 0 spiro atoms. The summed E-state index contributed by atoms with van der Waals surface area (Å²) in [4.78, 5) is 2.38. The number of benzene rings is 8. The fourth-order valence-electron chi connectivity index (χ4n) is 7.66. The van der Waals surface area contributed by atoms with E-state index in [1.54, 1.807) is 0 Å². The number of fused-ring (bicyclic) bond motifs is 4. The SMILES string of the molecule is CC(C)c1ccc(N(c2ccc(-c3cccc4cccc(-c5ccccc5)c34)cc2)c2cccc(-n3c4ccccc4c4ccccc43)c2)cc1. The maximum absolute atomic E-state index is 2.39. The zero-order chi connectivity index (χ0) is 34.3. The van der Waals surface area contributed by atoms with Crippen molar-refractivity contribution in [2.45, 2.75) is 19.8 Å². The van der Waals surface area contributed by atoms with Crippen molar-refractivity contribution in [2.75, 3.05) is 4.90 Å². The van der Waals surface area contributed by atoms with Gasteiger partial charge in [0, 0.05) is 33.5 Å². The summed E-state index contributed by atoms with van der Waals surface area (Å²) >= 11 is 0. The van der Waals surface area contributed by atoms with Gasteiger partial charge in [0.05, 0.1) is 11.0 Å². The van der Waals surface area contributed by atoms with Crippen LogP contribution in [0.5, 0.6) is 0 Å². The Bertz CT molecular complexity index is 2590. The van der Waals surface area contributed by atoms with E-state index >= 15 is 0 Å². The number of hydrogen-bond acceptors (Lipinski definition) is 1. The minimum absolute atomic E-state index is 0.465. The highest BCUT2D eigenvalue weighted by Crippen LogP contribution is 2.41. The van der Waals surface area contributed by atoms with Gasteiger partial charge in [-0.2, -0.15) is 0 Å². The smallest absolute Gasteiger partial charge is 0.0541 e. The molecule has 8 aromatic carbocycles. The average molecular weight is 655 g/mol. The molecule has 0 aliphatic carbocycles. The molecule has 244 valence electrons.